The van der Waals surface area contributed by atoms with Crippen molar-refractivity contribution in [1.29, 1.82) is 0 Å². The monoisotopic (exact) mass is 173 g/mol. The maximum Gasteiger partial charge on any atom is 0.0449 e. The molecule has 0 fully saturated rings. The van der Waals surface area contributed by atoms with E-state index in [1.165, 1.54) is 16.0 Å². The van der Waals surface area contributed by atoms with Gasteiger partial charge >= 0.3 is 0 Å². The number of thiophene rings is 1. The molecule has 0 aliphatic rings. The van der Waals surface area contributed by atoms with Gasteiger partial charge in [0.25, 0.3) is 0 Å². The van der Waals surface area contributed by atoms with Gasteiger partial charge in [-0.15, -0.1) is 11.3 Å². The van der Waals surface area contributed by atoms with Crippen LogP contribution in [-0.2, 0) is 0 Å². The fourth-order valence-corrected chi connectivity index (χ4v) is 1.97. The molecule has 1 heterocycles. The van der Waals surface area contributed by atoms with Crippen LogP contribution in [0.3, 0.4) is 0 Å². The van der Waals surface area contributed by atoms with Gasteiger partial charge in [-0.2, -0.15) is 0 Å². The van der Waals surface area contributed by atoms with Gasteiger partial charge in [0, 0.05) is 10.3 Å². The Kier molecular flexibility index (Phi) is 1.96. The molecule has 0 nitrogen and oxygen atoms in total. The van der Waals surface area contributed by atoms with Gasteiger partial charge in [0.15, 0.2) is 0 Å². The smallest absolute Gasteiger partial charge is 0.0449 e. The number of hydrogen-bond acceptors (Lipinski definition) is 1. The Morgan fingerprint density at radius 1 is 1.17 bits per heavy atom. The average Bonchev–Trinajstić information content (AvgIpc) is 2.57. The molecule has 0 saturated heterocycles. The minimum absolute atomic E-state index is 1.30. The second kappa shape index (κ2) is 3.11. The second-order valence-corrected chi connectivity index (χ2v) is 3.61. The highest BCUT2D eigenvalue weighted by Crippen LogP contribution is 2.26. The molecule has 2 rings (SSSR count). The van der Waals surface area contributed by atoms with Crippen LogP contribution in [0.1, 0.15) is 5.56 Å². The SMILES string of the molecule is Cc1ccccc1-c1cc[c]s1. The first-order valence-corrected chi connectivity index (χ1v) is 4.71. The number of hydrogen-bond donors (Lipinski definition) is 0. The standard InChI is InChI=1S/C11H9S/c1-9-5-2-3-6-10(9)11-7-4-8-12-11/h2-7H,1H3. The van der Waals surface area contributed by atoms with Crippen molar-refractivity contribution in [3.05, 3.63) is 47.3 Å². The lowest BCUT2D eigenvalue weighted by atomic mass is 10.1. The Bertz CT molecular complexity index is 360. The molecule has 12 heavy (non-hydrogen) atoms. The van der Waals surface area contributed by atoms with Crippen molar-refractivity contribution >= 4 is 11.3 Å². The largest absolute Gasteiger partial charge is 0.134 e. The molecule has 0 aliphatic heterocycles. The highest BCUT2D eigenvalue weighted by molar-refractivity contribution is 7.13. The van der Waals surface area contributed by atoms with Crippen molar-refractivity contribution in [3.63, 3.8) is 0 Å². The lowest BCUT2D eigenvalue weighted by Crippen LogP contribution is -1.76. The van der Waals surface area contributed by atoms with E-state index in [1.54, 1.807) is 11.3 Å². The maximum atomic E-state index is 3.10. The molecule has 1 radical (unpaired) electrons. The fraction of sp³-hybridized carbons (Fsp3) is 0.0909. The van der Waals surface area contributed by atoms with Crippen LogP contribution in [0.15, 0.2) is 36.4 Å². The van der Waals surface area contributed by atoms with Crippen LogP contribution in [0, 0.1) is 12.3 Å². The van der Waals surface area contributed by atoms with Crippen molar-refractivity contribution in [2.24, 2.45) is 0 Å². The van der Waals surface area contributed by atoms with E-state index in [9.17, 15) is 0 Å². The third-order valence-electron chi connectivity index (χ3n) is 1.88. The minimum atomic E-state index is 1.30. The molecule has 0 atom stereocenters. The van der Waals surface area contributed by atoms with Gasteiger partial charge in [0.2, 0.25) is 0 Å². The molecule has 2 aromatic rings. The Labute approximate surface area is 76.5 Å². The molecule has 59 valence electrons. The molecule has 1 aromatic heterocycles. The topological polar surface area (TPSA) is 0 Å². The molecule has 1 heteroatoms. The molecule has 0 bridgehead atoms. The summed E-state index contributed by atoms with van der Waals surface area (Å²) in [7, 11) is 0. The summed E-state index contributed by atoms with van der Waals surface area (Å²) >= 11 is 1.67. The van der Waals surface area contributed by atoms with Gasteiger partial charge in [-0.3, -0.25) is 0 Å². The van der Waals surface area contributed by atoms with Crippen LogP contribution in [0.4, 0.5) is 0 Å². The van der Waals surface area contributed by atoms with Crippen molar-refractivity contribution in [1.82, 2.24) is 0 Å². The van der Waals surface area contributed by atoms with E-state index in [0.29, 0.717) is 0 Å². The van der Waals surface area contributed by atoms with Gasteiger partial charge in [-0.1, -0.05) is 24.3 Å². The summed E-state index contributed by atoms with van der Waals surface area (Å²) in [5.74, 6) is 0. The Morgan fingerprint density at radius 3 is 2.67 bits per heavy atom. The Hall–Kier alpha value is -1.08. The molecule has 0 N–H and O–H groups in total. The predicted octanol–water partition coefficient (Wildman–Crippen LogP) is 3.52. The van der Waals surface area contributed by atoms with Crippen LogP contribution >= 0.6 is 11.3 Å². The summed E-state index contributed by atoms with van der Waals surface area (Å²) in [6.07, 6.45) is 0. The highest BCUT2D eigenvalue weighted by atomic mass is 32.1. The molecule has 1 aromatic carbocycles. The normalized spacial score (nSPS) is 10.1. The van der Waals surface area contributed by atoms with E-state index < -0.39 is 0 Å². The zero-order valence-electron chi connectivity index (χ0n) is 6.87. The predicted molar refractivity (Wildman–Crippen MR) is 53.3 cm³/mol. The van der Waals surface area contributed by atoms with Crippen LogP contribution in [0.5, 0.6) is 0 Å². The Balaban J connectivity index is 2.55. The summed E-state index contributed by atoms with van der Waals surface area (Å²) in [6.45, 7) is 2.13. The summed E-state index contributed by atoms with van der Waals surface area (Å²) in [5.41, 5.74) is 2.65. The minimum Gasteiger partial charge on any atom is -0.134 e. The van der Waals surface area contributed by atoms with E-state index in [1.807, 2.05) is 6.07 Å². The molecule has 0 unspecified atom stereocenters. The van der Waals surface area contributed by atoms with E-state index in [0.717, 1.165) is 0 Å². The third-order valence-corrected chi connectivity index (χ3v) is 2.71. The lowest BCUT2D eigenvalue weighted by Gasteiger charge is -2.00. The quantitative estimate of drug-likeness (QED) is 0.619. The van der Waals surface area contributed by atoms with Gasteiger partial charge < -0.3 is 0 Å². The molecular formula is C11H9S. The van der Waals surface area contributed by atoms with Crippen LogP contribution < -0.4 is 0 Å². The van der Waals surface area contributed by atoms with Gasteiger partial charge in [0.05, 0.1) is 0 Å². The fourth-order valence-electron chi connectivity index (χ4n) is 1.24. The first kappa shape index (κ1) is 7.56. The van der Waals surface area contributed by atoms with E-state index in [-0.39, 0.29) is 0 Å². The van der Waals surface area contributed by atoms with E-state index >= 15 is 0 Å². The molecular weight excluding hydrogens is 164 g/mol. The van der Waals surface area contributed by atoms with E-state index in [4.69, 9.17) is 0 Å². The van der Waals surface area contributed by atoms with Gasteiger partial charge in [0.1, 0.15) is 0 Å². The molecule has 0 aliphatic carbocycles. The lowest BCUT2D eigenvalue weighted by molar-refractivity contribution is 1.48. The van der Waals surface area contributed by atoms with Crippen LogP contribution in [0.25, 0.3) is 10.4 Å². The van der Waals surface area contributed by atoms with Crippen molar-refractivity contribution in [2.75, 3.05) is 0 Å². The summed E-state index contributed by atoms with van der Waals surface area (Å²) in [4.78, 5) is 1.30. The number of rotatable bonds is 1. The average molecular weight is 173 g/mol. The Morgan fingerprint density at radius 2 is 2.00 bits per heavy atom. The molecule has 0 amide bonds. The molecule has 0 saturated carbocycles. The summed E-state index contributed by atoms with van der Waals surface area (Å²) < 4.78 is 0. The summed E-state index contributed by atoms with van der Waals surface area (Å²) in [5, 5.41) is 3.10. The van der Waals surface area contributed by atoms with Crippen molar-refractivity contribution in [2.45, 2.75) is 6.92 Å². The first-order chi connectivity index (χ1) is 5.88. The van der Waals surface area contributed by atoms with Crippen molar-refractivity contribution in [3.8, 4) is 10.4 Å². The zero-order valence-corrected chi connectivity index (χ0v) is 7.69. The van der Waals surface area contributed by atoms with Gasteiger partial charge in [-0.25, -0.2) is 0 Å². The van der Waals surface area contributed by atoms with Gasteiger partial charge in [-0.05, 0) is 30.2 Å². The van der Waals surface area contributed by atoms with Crippen molar-refractivity contribution < 1.29 is 0 Å². The summed E-state index contributed by atoms with van der Waals surface area (Å²) in [6, 6.07) is 12.5. The highest BCUT2D eigenvalue weighted by Gasteiger charge is 1.99. The number of aryl methyl sites for hydroxylation is 1. The molecule has 0 spiro atoms. The third kappa shape index (κ3) is 1.28. The van der Waals surface area contributed by atoms with Crippen LogP contribution in [-0.4, -0.2) is 0 Å². The zero-order chi connectivity index (χ0) is 8.39. The second-order valence-electron chi connectivity index (χ2n) is 2.73. The first-order valence-electron chi connectivity index (χ1n) is 3.90. The van der Waals surface area contributed by atoms with E-state index in [2.05, 4.69) is 42.6 Å². The number of benzene rings is 1. The van der Waals surface area contributed by atoms with Crippen LogP contribution in [0.2, 0.25) is 0 Å². The maximum absolute atomic E-state index is 3.10.